The Bertz CT molecular complexity index is 162. The molecule has 0 radical (unpaired) electrons. The number of rotatable bonds is 1. The highest BCUT2D eigenvalue weighted by molar-refractivity contribution is 6.17. The number of aliphatic hydroxyl groups is 1. The Morgan fingerprint density at radius 3 is 2.00 bits per heavy atom. The summed E-state index contributed by atoms with van der Waals surface area (Å²) < 4.78 is 0. The lowest BCUT2D eigenvalue weighted by Gasteiger charge is -1.88. The van der Waals surface area contributed by atoms with Gasteiger partial charge < -0.3 is 5.11 Å². The number of aliphatic hydroxyl groups excluding tert-OH is 1. The van der Waals surface area contributed by atoms with Crippen LogP contribution in [0.15, 0.2) is 30.3 Å². The Morgan fingerprint density at radius 1 is 1.27 bits per heavy atom. The van der Waals surface area contributed by atoms with Crippen LogP contribution in [0.25, 0.3) is 0 Å². The van der Waals surface area contributed by atoms with E-state index in [0.29, 0.717) is 5.88 Å². The van der Waals surface area contributed by atoms with Crippen molar-refractivity contribution in [3.8, 4) is 0 Å². The fourth-order valence-corrected chi connectivity index (χ4v) is 0.745. The van der Waals surface area contributed by atoms with Crippen LogP contribution >= 0.6 is 11.6 Å². The van der Waals surface area contributed by atoms with Gasteiger partial charge in [-0.25, -0.2) is 0 Å². The van der Waals surface area contributed by atoms with Crippen LogP contribution in [0, 0.1) is 0 Å². The van der Waals surface area contributed by atoms with E-state index in [-0.39, 0.29) is 6.61 Å². The van der Waals surface area contributed by atoms with Gasteiger partial charge in [-0.2, -0.15) is 0 Å². The molecule has 0 heterocycles. The van der Waals surface area contributed by atoms with Gasteiger partial charge in [0, 0.05) is 12.5 Å². The fourth-order valence-electron chi connectivity index (χ4n) is 0.567. The Labute approximate surface area is 72.6 Å². The first kappa shape index (κ1) is 10.5. The van der Waals surface area contributed by atoms with E-state index >= 15 is 0 Å². The first-order valence-electron chi connectivity index (χ1n) is 3.55. The molecule has 1 aromatic rings. The van der Waals surface area contributed by atoms with Crippen LogP contribution in [-0.4, -0.2) is 11.7 Å². The van der Waals surface area contributed by atoms with E-state index in [1.807, 2.05) is 30.3 Å². The average Bonchev–Trinajstić information content (AvgIpc) is 2.08. The van der Waals surface area contributed by atoms with Gasteiger partial charge in [-0.15, -0.1) is 11.6 Å². The smallest absolute Gasteiger partial charge is 0.0474 e. The molecule has 1 N–H and O–H groups in total. The minimum absolute atomic E-state index is 0.250. The largest absolute Gasteiger partial charge is 0.397 e. The maximum Gasteiger partial charge on any atom is 0.0474 e. The van der Waals surface area contributed by atoms with Crippen LogP contribution in [0.3, 0.4) is 0 Å². The fraction of sp³-hybridized carbons (Fsp3) is 0.333. The van der Waals surface area contributed by atoms with E-state index < -0.39 is 0 Å². The molecular weight excluding hydrogens is 160 g/mol. The predicted molar refractivity (Wildman–Crippen MR) is 48.8 cm³/mol. The van der Waals surface area contributed by atoms with Crippen molar-refractivity contribution in [3.05, 3.63) is 35.9 Å². The summed E-state index contributed by atoms with van der Waals surface area (Å²) in [5.41, 5.74) is 1.18. The number of benzene rings is 1. The van der Waals surface area contributed by atoms with Gasteiger partial charge in [0.1, 0.15) is 0 Å². The molecular formula is C9H13ClO. The molecule has 1 nitrogen and oxygen atoms in total. The van der Waals surface area contributed by atoms with Crippen molar-refractivity contribution in [1.82, 2.24) is 0 Å². The van der Waals surface area contributed by atoms with Crippen LogP contribution in [0.1, 0.15) is 12.5 Å². The van der Waals surface area contributed by atoms with Gasteiger partial charge in [0.05, 0.1) is 0 Å². The highest BCUT2D eigenvalue weighted by atomic mass is 35.5. The molecule has 0 aliphatic carbocycles. The summed E-state index contributed by atoms with van der Waals surface area (Å²) in [5.74, 6) is 0.612. The summed E-state index contributed by atoms with van der Waals surface area (Å²) in [4.78, 5) is 0. The molecule has 62 valence electrons. The Morgan fingerprint density at radius 2 is 1.73 bits per heavy atom. The molecule has 11 heavy (non-hydrogen) atoms. The zero-order valence-electron chi connectivity index (χ0n) is 6.63. The van der Waals surface area contributed by atoms with E-state index in [4.69, 9.17) is 16.7 Å². The lowest BCUT2D eigenvalue weighted by molar-refractivity contribution is 0.318. The average molecular weight is 173 g/mol. The second-order valence-corrected chi connectivity index (χ2v) is 2.20. The Balaban J connectivity index is 0.000000292. The van der Waals surface area contributed by atoms with Gasteiger partial charge in [-0.1, -0.05) is 30.3 Å². The zero-order valence-corrected chi connectivity index (χ0v) is 7.38. The number of hydrogen-bond donors (Lipinski definition) is 1. The molecule has 2 heteroatoms. The van der Waals surface area contributed by atoms with E-state index in [1.54, 1.807) is 6.92 Å². The number of hydrogen-bond acceptors (Lipinski definition) is 1. The molecule has 0 fully saturated rings. The maximum absolute atomic E-state index is 7.57. The quantitative estimate of drug-likeness (QED) is 0.646. The summed E-state index contributed by atoms with van der Waals surface area (Å²) in [6.45, 7) is 1.93. The van der Waals surface area contributed by atoms with Crippen molar-refractivity contribution in [1.29, 1.82) is 0 Å². The Hall–Kier alpha value is -0.530. The highest BCUT2D eigenvalue weighted by Crippen LogP contribution is 2.00. The maximum atomic E-state index is 7.57. The molecule has 0 aliphatic rings. The molecule has 0 unspecified atom stereocenters. The molecule has 0 aliphatic heterocycles. The lowest BCUT2D eigenvalue weighted by Crippen LogP contribution is -1.71. The van der Waals surface area contributed by atoms with Crippen molar-refractivity contribution in [2.75, 3.05) is 6.61 Å². The van der Waals surface area contributed by atoms with Crippen LogP contribution in [0.2, 0.25) is 0 Å². The van der Waals surface area contributed by atoms with Gasteiger partial charge in [0.25, 0.3) is 0 Å². The number of halogens is 1. The Kier molecular flexibility index (Phi) is 7.21. The van der Waals surface area contributed by atoms with E-state index in [9.17, 15) is 0 Å². The summed E-state index contributed by atoms with van der Waals surface area (Å²) in [6, 6.07) is 9.96. The van der Waals surface area contributed by atoms with Crippen LogP contribution in [0.4, 0.5) is 0 Å². The molecule has 1 aromatic carbocycles. The first-order chi connectivity index (χ1) is 5.35. The molecule has 0 spiro atoms. The van der Waals surface area contributed by atoms with Gasteiger partial charge in [-0.05, 0) is 12.5 Å². The first-order valence-corrected chi connectivity index (χ1v) is 4.09. The topological polar surface area (TPSA) is 20.2 Å². The SMILES string of the molecule is CCO.ClCc1ccccc1. The van der Waals surface area contributed by atoms with Gasteiger partial charge >= 0.3 is 0 Å². The van der Waals surface area contributed by atoms with Gasteiger partial charge in [-0.3, -0.25) is 0 Å². The normalized spacial score (nSPS) is 8.27. The van der Waals surface area contributed by atoms with Crippen molar-refractivity contribution >= 4 is 11.6 Å². The summed E-state index contributed by atoms with van der Waals surface area (Å²) in [6.07, 6.45) is 0. The molecule has 0 saturated carbocycles. The van der Waals surface area contributed by atoms with Gasteiger partial charge in [0.15, 0.2) is 0 Å². The predicted octanol–water partition coefficient (Wildman–Crippen LogP) is 2.42. The monoisotopic (exact) mass is 172 g/mol. The zero-order chi connectivity index (χ0) is 8.53. The minimum atomic E-state index is 0.250. The number of alkyl halides is 1. The van der Waals surface area contributed by atoms with Crippen molar-refractivity contribution in [2.24, 2.45) is 0 Å². The standard InChI is InChI=1S/C7H7Cl.C2H6O/c8-6-7-4-2-1-3-5-7;1-2-3/h1-5H,6H2;3H,2H2,1H3. The minimum Gasteiger partial charge on any atom is -0.397 e. The molecule has 0 saturated heterocycles. The molecule has 0 bridgehead atoms. The third-order valence-corrected chi connectivity index (χ3v) is 1.31. The van der Waals surface area contributed by atoms with Crippen LogP contribution in [0.5, 0.6) is 0 Å². The summed E-state index contributed by atoms with van der Waals surface area (Å²) in [7, 11) is 0. The van der Waals surface area contributed by atoms with Crippen molar-refractivity contribution < 1.29 is 5.11 Å². The van der Waals surface area contributed by atoms with E-state index in [1.165, 1.54) is 5.56 Å². The summed E-state index contributed by atoms with van der Waals surface area (Å²) >= 11 is 5.53. The van der Waals surface area contributed by atoms with Crippen molar-refractivity contribution in [3.63, 3.8) is 0 Å². The molecule has 0 atom stereocenters. The van der Waals surface area contributed by atoms with E-state index in [2.05, 4.69) is 0 Å². The second-order valence-electron chi connectivity index (χ2n) is 1.94. The third kappa shape index (κ3) is 5.89. The second kappa shape index (κ2) is 7.58. The molecule has 0 aromatic heterocycles. The molecule has 1 rings (SSSR count). The summed E-state index contributed by atoms with van der Waals surface area (Å²) in [5, 5.41) is 7.57. The molecule has 0 amide bonds. The van der Waals surface area contributed by atoms with Gasteiger partial charge in [0.2, 0.25) is 0 Å². The van der Waals surface area contributed by atoms with E-state index in [0.717, 1.165) is 0 Å². The highest BCUT2D eigenvalue weighted by Gasteiger charge is 1.81. The van der Waals surface area contributed by atoms with Crippen molar-refractivity contribution in [2.45, 2.75) is 12.8 Å². The third-order valence-electron chi connectivity index (χ3n) is 0.997. The lowest BCUT2D eigenvalue weighted by atomic mass is 10.2. The van der Waals surface area contributed by atoms with Crippen LogP contribution in [-0.2, 0) is 5.88 Å². The van der Waals surface area contributed by atoms with Crippen LogP contribution < -0.4 is 0 Å².